The largest absolute Gasteiger partial charge is 0.363 e. The molecular formula is C20H25ClF3N5O. The Morgan fingerprint density at radius 3 is 2.13 bits per heavy atom. The molecule has 6 nitrogen and oxygen atoms in total. The molecule has 1 aromatic carbocycles. The maximum absolute atomic E-state index is 13.3. The highest BCUT2D eigenvalue weighted by atomic mass is 35.5. The van der Waals surface area contributed by atoms with Gasteiger partial charge in [-0.05, 0) is 44.7 Å². The molecule has 1 aliphatic carbocycles. The molecule has 0 bridgehead atoms. The first kappa shape index (κ1) is 23.7. The van der Waals surface area contributed by atoms with Gasteiger partial charge in [-0.2, -0.15) is 4.98 Å². The molecule has 0 spiro atoms. The van der Waals surface area contributed by atoms with Gasteiger partial charge in [-0.25, -0.2) is 18.2 Å². The number of halogens is 4. The fourth-order valence-corrected chi connectivity index (χ4v) is 3.37. The lowest BCUT2D eigenvalue weighted by molar-refractivity contribution is 0.0925. The minimum Gasteiger partial charge on any atom is -0.363 e. The SMILES string of the molecule is Cc1cc(N(C)C)nc(N[C@H]2CC[C@@H](NC(=O)c3cc(F)c(F)c(F)c3)CC2)n1.Cl. The van der Waals surface area contributed by atoms with E-state index in [2.05, 4.69) is 20.6 Å². The van der Waals surface area contributed by atoms with Crippen LogP contribution in [0, 0.1) is 24.4 Å². The van der Waals surface area contributed by atoms with Gasteiger partial charge in [0.1, 0.15) is 5.82 Å². The van der Waals surface area contributed by atoms with Crippen molar-refractivity contribution in [2.24, 2.45) is 0 Å². The molecule has 30 heavy (non-hydrogen) atoms. The summed E-state index contributed by atoms with van der Waals surface area (Å²) in [5.41, 5.74) is 0.636. The summed E-state index contributed by atoms with van der Waals surface area (Å²) >= 11 is 0. The third kappa shape index (κ3) is 5.75. The molecule has 1 aliphatic rings. The normalized spacial score (nSPS) is 18.3. The number of aromatic nitrogens is 2. The zero-order valence-corrected chi connectivity index (χ0v) is 17.8. The van der Waals surface area contributed by atoms with E-state index in [9.17, 15) is 18.0 Å². The molecule has 3 rings (SSSR count). The van der Waals surface area contributed by atoms with Gasteiger partial charge in [-0.1, -0.05) is 0 Å². The van der Waals surface area contributed by atoms with Crippen molar-refractivity contribution < 1.29 is 18.0 Å². The van der Waals surface area contributed by atoms with E-state index in [4.69, 9.17) is 0 Å². The van der Waals surface area contributed by atoms with Gasteiger partial charge < -0.3 is 15.5 Å². The van der Waals surface area contributed by atoms with Gasteiger partial charge in [0, 0.05) is 43.5 Å². The molecule has 2 N–H and O–H groups in total. The highest BCUT2D eigenvalue weighted by molar-refractivity contribution is 5.94. The first-order chi connectivity index (χ1) is 13.7. The maximum atomic E-state index is 13.3. The number of hydrogen-bond acceptors (Lipinski definition) is 5. The van der Waals surface area contributed by atoms with Gasteiger partial charge in [0.15, 0.2) is 17.5 Å². The molecular weight excluding hydrogens is 419 g/mol. The molecule has 10 heteroatoms. The van der Waals surface area contributed by atoms with E-state index in [1.165, 1.54) is 0 Å². The van der Waals surface area contributed by atoms with E-state index in [1.807, 2.05) is 32.0 Å². The second kappa shape index (κ2) is 9.97. The van der Waals surface area contributed by atoms with Crippen molar-refractivity contribution in [2.45, 2.75) is 44.7 Å². The van der Waals surface area contributed by atoms with Crippen molar-refractivity contribution in [3.05, 3.63) is 46.9 Å². The topological polar surface area (TPSA) is 70.2 Å². The number of rotatable bonds is 5. The average molecular weight is 444 g/mol. The Hall–Kier alpha value is -2.55. The van der Waals surface area contributed by atoms with Crippen molar-refractivity contribution >= 4 is 30.1 Å². The number of benzene rings is 1. The number of nitrogens with zero attached hydrogens (tertiary/aromatic N) is 3. The van der Waals surface area contributed by atoms with Crippen LogP contribution >= 0.6 is 12.4 Å². The van der Waals surface area contributed by atoms with E-state index < -0.39 is 23.4 Å². The van der Waals surface area contributed by atoms with Crippen LogP contribution in [0.1, 0.15) is 41.7 Å². The third-order valence-corrected chi connectivity index (χ3v) is 4.94. The summed E-state index contributed by atoms with van der Waals surface area (Å²) in [5, 5.41) is 6.11. The quantitative estimate of drug-likeness (QED) is 0.687. The fourth-order valence-electron chi connectivity index (χ4n) is 3.37. The summed E-state index contributed by atoms with van der Waals surface area (Å²) in [5.74, 6) is -3.56. The lowest BCUT2D eigenvalue weighted by Gasteiger charge is -2.30. The molecule has 1 heterocycles. The van der Waals surface area contributed by atoms with E-state index in [1.54, 1.807) is 0 Å². The number of carbonyl (C=O) groups excluding carboxylic acids is 1. The molecule has 0 radical (unpaired) electrons. The minimum absolute atomic E-state index is 0. The predicted octanol–water partition coefficient (Wildman–Crippen LogP) is 3.84. The zero-order chi connectivity index (χ0) is 21.1. The average Bonchev–Trinajstić information content (AvgIpc) is 2.66. The van der Waals surface area contributed by atoms with Crippen molar-refractivity contribution in [3.8, 4) is 0 Å². The highest BCUT2D eigenvalue weighted by Crippen LogP contribution is 2.23. The number of carbonyl (C=O) groups is 1. The molecule has 1 saturated carbocycles. The number of hydrogen-bond donors (Lipinski definition) is 2. The van der Waals surface area contributed by atoms with Crippen LogP contribution in [0.3, 0.4) is 0 Å². The predicted molar refractivity (Wildman–Crippen MR) is 112 cm³/mol. The molecule has 1 amide bonds. The lowest BCUT2D eigenvalue weighted by atomic mass is 9.91. The molecule has 2 aromatic rings. The van der Waals surface area contributed by atoms with Crippen molar-refractivity contribution in [1.29, 1.82) is 0 Å². The first-order valence-electron chi connectivity index (χ1n) is 9.48. The summed E-state index contributed by atoms with van der Waals surface area (Å²) in [4.78, 5) is 23.1. The minimum atomic E-state index is -1.58. The summed E-state index contributed by atoms with van der Waals surface area (Å²) in [6.45, 7) is 1.91. The summed E-state index contributed by atoms with van der Waals surface area (Å²) in [6.07, 6.45) is 2.96. The Morgan fingerprint density at radius 1 is 1.00 bits per heavy atom. The van der Waals surface area contributed by atoms with E-state index in [0.717, 1.165) is 24.4 Å². The smallest absolute Gasteiger partial charge is 0.251 e. The molecule has 0 unspecified atom stereocenters. The Balaban J connectivity index is 0.00000320. The van der Waals surface area contributed by atoms with Crippen LogP contribution in [0.5, 0.6) is 0 Å². The van der Waals surface area contributed by atoms with Crippen LogP contribution in [0.15, 0.2) is 18.2 Å². The van der Waals surface area contributed by atoms with Crippen molar-refractivity contribution in [2.75, 3.05) is 24.3 Å². The third-order valence-electron chi connectivity index (χ3n) is 4.94. The standard InChI is InChI=1S/C20H24F3N5O.ClH/c1-11-8-17(28(2)3)27-20(24-11)26-14-6-4-13(5-7-14)25-19(29)12-9-15(21)18(23)16(22)10-12;/h8-10,13-14H,4-7H2,1-3H3,(H,25,29)(H,24,26,27);1H/t13-,14+;. The van der Waals surface area contributed by atoms with Crippen LogP contribution < -0.4 is 15.5 Å². The van der Waals surface area contributed by atoms with Gasteiger partial charge in [-0.15, -0.1) is 12.4 Å². The Kier molecular flexibility index (Phi) is 7.89. The highest BCUT2D eigenvalue weighted by Gasteiger charge is 2.24. The monoisotopic (exact) mass is 443 g/mol. The lowest BCUT2D eigenvalue weighted by Crippen LogP contribution is -2.40. The van der Waals surface area contributed by atoms with Crippen LogP contribution in [-0.4, -0.2) is 42.1 Å². The van der Waals surface area contributed by atoms with Gasteiger partial charge in [-0.3, -0.25) is 4.79 Å². The number of anilines is 2. The van der Waals surface area contributed by atoms with Crippen molar-refractivity contribution in [1.82, 2.24) is 15.3 Å². The maximum Gasteiger partial charge on any atom is 0.251 e. The molecule has 1 fully saturated rings. The van der Waals surface area contributed by atoms with E-state index in [-0.39, 0.29) is 30.1 Å². The van der Waals surface area contributed by atoms with Gasteiger partial charge >= 0.3 is 0 Å². The second-order valence-corrected chi connectivity index (χ2v) is 7.51. The summed E-state index contributed by atoms with van der Waals surface area (Å²) in [6, 6.07) is 3.36. The van der Waals surface area contributed by atoms with Gasteiger partial charge in [0.25, 0.3) is 5.91 Å². The zero-order valence-electron chi connectivity index (χ0n) is 17.0. The van der Waals surface area contributed by atoms with E-state index in [0.29, 0.717) is 30.9 Å². The van der Waals surface area contributed by atoms with Crippen LogP contribution in [0.2, 0.25) is 0 Å². The van der Waals surface area contributed by atoms with Crippen molar-refractivity contribution in [3.63, 3.8) is 0 Å². The van der Waals surface area contributed by atoms with Gasteiger partial charge in [0.05, 0.1) is 0 Å². The second-order valence-electron chi connectivity index (χ2n) is 7.51. The Morgan fingerprint density at radius 2 is 1.57 bits per heavy atom. The Labute approximate surface area is 179 Å². The summed E-state index contributed by atoms with van der Waals surface area (Å²) < 4.78 is 39.7. The molecule has 0 saturated heterocycles. The summed E-state index contributed by atoms with van der Waals surface area (Å²) in [7, 11) is 3.83. The molecule has 0 aliphatic heterocycles. The Bertz CT molecular complexity index is 881. The number of aryl methyl sites for hydroxylation is 1. The number of nitrogens with one attached hydrogen (secondary N) is 2. The molecule has 0 atom stereocenters. The van der Waals surface area contributed by atoms with Crippen LogP contribution in [0.25, 0.3) is 0 Å². The van der Waals surface area contributed by atoms with Crippen LogP contribution in [-0.2, 0) is 0 Å². The molecule has 1 aromatic heterocycles. The molecule has 164 valence electrons. The number of amides is 1. The van der Waals surface area contributed by atoms with Gasteiger partial charge in [0.2, 0.25) is 5.95 Å². The first-order valence-corrected chi connectivity index (χ1v) is 9.48. The fraction of sp³-hybridized carbons (Fsp3) is 0.450. The van der Waals surface area contributed by atoms with E-state index >= 15 is 0 Å². The van der Waals surface area contributed by atoms with Crippen LogP contribution in [0.4, 0.5) is 24.9 Å².